The van der Waals surface area contributed by atoms with Crippen LogP contribution in [0, 0.1) is 0 Å². The monoisotopic (exact) mass is 212 g/mol. The summed E-state index contributed by atoms with van der Waals surface area (Å²) in [6.07, 6.45) is 0.399. The van der Waals surface area contributed by atoms with Crippen molar-refractivity contribution in [3.05, 3.63) is 5.82 Å². The maximum absolute atomic E-state index is 8.75. The normalized spacial score (nSPS) is 12.5. The third kappa shape index (κ3) is 3.00. The first-order valence-electron chi connectivity index (χ1n) is 4.59. The second-order valence-electron chi connectivity index (χ2n) is 3.37. The molecule has 7 heteroatoms. The Labute approximate surface area is 88.1 Å². The summed E-state index contributed by atoms with van der Waals surface area (Å²) in [5.41, 5.74) is 11.3. The Morgan fingerprint density at radius 2 is 2.00 bits per heavy atom. The van der Waals surface area contributed by atoms with E-state index in [9.17, 15) is 0 Å². The number of anilines is 2. The van der Waals surface area contributed by atoms with Crippen molar-refractivity contribution in [2.75, 3.05) is 31.3 Å². The average Bonchev–Trinajstić information content (AvgIpc) is 2.17. The summed E-state index contributed by atoms with van der Waals surface area (Å²) in [4.78, 5) is 13.7. The molecule has 1 atom stereocenters. The van der Waals surface area contributed by atoms with Gasteiger partial charge in [-0.3, -0.25) is 0 Å². The minimum absolute atomic E-state index is 0.00987. The maximum Gasteiger partial charge on any atom is 0.229 e. The molecule has 7 nitrogen and oxygen atoms in total. The lowest BCUT2D eigenvalue weighted by Crippen LogP contribution is -2.21. The number of hydrogen-bond acceptors (Lipinski definition) is 7. The molecular weight excluding hydrogens is 196 g/mol. The third-order valence-electron chi connectivity index (χ3n) is 1.83. The standard InChI is InChI=1S/C8H16N6O/c1-14(2)8-12-6(5(9)3-4-15)11-7(10)13-8/h5,15H,3-4,9H2,1-2H3,(H2,10,11,12,13). The molecule has 84 valence electrons. The highest BCUT2D eigenvalue weighted by molar-refractivity contribution is 5.32. The Bertz CT molecular complexity index is 329. The molecule has 1 unspecified atom stereocenters. The highest BCUT2D eigenvalue weighted by Crippen LogP contribution is 2.12. The van der Waals surface area contributed by atoms with E-state index in [1.807, 2.05) is 0 Å². The summed E-state index contributed by atoms with van der Waals surface area (Å²) >= 11 is 0. The number of nitrogens with zero attached hydrogens (tertiary/aromatic N) is 4. The molecular formula is C8H16N6O. The minimum atomic E-state index is -0.418. The molecule has 0 aliphatic carbocycles. The zero-order valence-corrected chi connectivity index (χ0v) is 8.88. The van der Waals surface area contributed by atoms with Crippen LogP contribution >= 0.6 is 0 Å². The van der Waals surface area contributed by atoms with E-state index in [-0.39, 0.29) is 12.6 Å². The number of aliphatic hydroxyl groups is 1. The Hall–Kier alpha value is -1.47. The molecule has 0 aliphatic rings. The van der Waals surface area contributed by atoms with E-state index in [0.717, 1.165) is 0 Å². The van der Waals surface area contributed by atoms with Crippen molar-refractivity contribution in [3.63, 3.8) is 0 Å². The van der Waals surface area contributed by atoms with Gasteiger partial charge in [0.05, 0.1) is 6.04 Å². The molecule has 15 heavy (non-hydrogen) atoms. The molecule has 1 heterocycles. The van der Waals surface area contributed by atoms with E-state index >= 15 is 0 Å². The van der Waals surface area contributed by atoms with Gasteiger partial charge in [-0.25, -0.2) is 0 Å². The topological polar surface area (TPSA) is 114 Å². The van der Waals surface area contributed by atoms with E-state index in [1.165, 1.54) is 0 Å². The van der Waals surface area contributed by atoms with Crippen molar-refractivity contribution < 1.29 is 5.11 Å². The summed E-state index contributed by atoms with van der Waals surface area (Å²) in [6, 6.07) is -0.418. The van der Waals surface area contributed by atoms with E-state index in [2.05, 4.69) is 15.0 Å². The number of nitrogens with two attached hydrogens (primary N) is 2. The van der Waals surface area contributed by atoms with Gasteiger partial charge in [-0.2, -0.15) is 15.0 Å². The molecule has 0 fully saturated rings. The molecule has 0 radical (unpaired) electrons. The van der Waals surface area contributed by atoms with Gasteiger partial charge in [0.15, 0.2) is 5.82 Å². The molecule has 0 aliphatic heterocycles. The van der Waals surface area contributed by atoms with Crippen LogP contribution < -0.4 is 16.4 Å². The predicted octanol–water partition coefficient (Wildman–Crippen LogP) is -1.10. The minimum Gasteiger partial charge on any atom is -0.396 e. The summed E-state index contributed by atoms with van der Waals surface area (Å²) in [5, 5.41) is 8.75. The number of rotatable bonds is 4. The van der Waals surface area contributed by atoms with Crippen LogP contribution in [0.15, 0.2) is 0 Å². The lowest BCUT2D eigenvalue weighted by molar-refractivity contribution is 0.274. The van der Waals surface area contributed by atoms with Crippen LogP contribution in [-0.4, -0.2) is 40.8 Å². The highest BCUT2D eigenvalue weighted by Gasteiger charge is 2.12. The number of hydrogen-bond donors (Lipinski definition) is 3. The first kappa shape index (κ1) is 11.6. The molecule has 0 saturated heterocycles. The highest BCUT2D eigenvalue weighted by atomic mass is 16.3. The summed E-state index contributed by atoms with van der Waals surface area (Å²) < 4.78 is 0. The Morgan fingerprint density at radius 1 is 1.33 bits per heavy atom. The van der Waals surface area contributed by atoms with Crippen LogP contribution in [0.2, 0.25) is 0 Å². The second-order valence-corrected chi connectivity index (χ2v) is 3.37. The van der Waals surface area contributed by atoms with Gasteiger partial charge in [0.2, 0.25) is 11.9 Å². The lowest BCUT2D eigenvalue weighted by Gasteiger charge is -2.14. The zero-order chi connectivity index (χ0) is 11.4. The Morgan fingerprint density at radius 3 is 2.53 bits per heavy atom. The third-order valence-corrected chi connectivity index (χ3v) is 1.83. The summed E-state index contributed by atoms with van der Waals surface area (Å²) in [5.74, 6) is 1.00. The fourth-order valence-corrected chi connectivity index (χ4v) is 1.03. The molecule has 5 N–H and O–H groups in total. The van der Waals surface area contributed by atoms with Gasteiger partial charge >= 0.3 is 0 Å². The van der Waals surface area contributed by atoms with Crippen LogP contribution in [0.5, 0.6) is 0 Å². The fraction of sp³-hybridized carbons (Fsp3) is 0.625. The first-order valence-corrected chi connectivity index (χ1v) is 4.59. The van der Waals surface area contributed by atoms with Crippen LogP contribution in [0.3, 0.4) is 0 Å². The number of aromatic nitrogens is 3. The molecule has 0 amide bonds. The van der Waals surface area contributed by atoms with Crippen molar-refractivity contribution in [1.29, 1.82) is 0 Å². The lowest BCUT2D eigenvalue weighted by atomic mass is 10.2. The molecule has 0 spiro atoms. The Balaban J connectivity index is 2.98. The summed E-state index contributed by atoms with van der Waals surface area (Å²) in [6.45, 7) is -0.00987. The zero-order valence-electron chi connectivity index (χ0n) is 8.88. The molecule has 1 aromatic heterocycles. The van der Waals surface area contributed by atoms with Crippen molar-refractivity contribution >= 4 is 11.9 Å². The van der Waals surface area contributed by atoms with E-state index in [4.69, 9.17) is 16.6 Å². The molecule has 0 aromatic carbocycles. The average molecular weight is 212 g/mol. The van der Waals surface area contributed by atoms with E-state index in [1.54, 1.807) is 19.0 Å². The van der Waals surface area contributed by atoms with Gasteiger partial charge < -0.3 is 21.5 Å². The SMILES string of the molecule is CN(C)c1nc(N)nc(C(N)CCO)n1. The van der Waals surface area contributed by atoms with Gasteiger partial charge in [0.25, 0.3) is 0 Å². The molecule has 1 rings (SSSR count). The molecule has 0 saturated carbocycles. The van der Waals surface area contributed by atoms with Crippen LogP contribution in [0.1, 0.15) is 18.3 Å². The second kappa shape index (κ2) is 4.85. The van der Waals surface area contributed by atoms with Gasteiger partial charge in [-0.1, -0.05) is 0 Å². The van der Waals surface area contributed by atoms with Gasteiger partial charge in [0, 0.05) is 20.7 Å². The maximum atomic E-state index is 8.75. The van der Waals surface area contributed by atoms with E-state index in [0.29, 0.717) is 18.2 Å². The van der Waals surface area contributed by atoms with Gasteiger partial charge in [-0.15, -0.1) is 0 Å². The van der Waals surface area contributed by atoms with Crippen molar-refractivity contribution in [2.45, 2.75) is 12.5 Å². The summed E-state index contributed by atoms with van der Waals surface area (Å²) in [7, 11) is 3.60. The van der Waals surface area contributed by atoms with Crippen LogP contribution in [0.25, 0.3) is 0 Å². The van der Waals surface area contributed by atoms with Crippen molar-refractivity contribution in [1.82, 2.24) is 15.0 Å². The largest absolute Gasteiger partial charge is 0.396 e. The Kier molecular flexibility index (Phi) is 3.75. The fourth-order valence-electron chi connectivity index (χ4n) is 1.03. The van der Waals surface area contributed by atoms with Crippen molar-refractivity contribution in [2.24, 2.45) is 5.73 Å². The first-order chi connectivity index (χ1) is 7.04. The number of nitrogen functional groups attached to an aromatic ring is 1. The van der Waals surface area contributed by atoms with Crippen LogP contribution in [-0.2, 0) is 0 Å². The van der Waals surface area contributed by atoms with Gasteiger partial charge in [-0.05, 0) is 6.42 Å². The van der Waals surface area contributed by atoms with Crippen molar-refractivity contribution in [3.8, 4) is 0 Å². The van der Waals surface area contributed by atoms with Crippen LogP contribution in [0.4, 0.5) is 11.9 Å². The number of aliphatic hydroxyl groups excluding tert-OH is 1. The predicted molar refractivity (Wildman–Crippen MR) is 57.2 cm³/mol. The van der Waals surface area contributed by atoms with Gasteiger partial charge in [0.1, 0.15) is 0 Å². The molecule has 0 bridgehead atoms. The smallest absolute Gasteiger partial charge is 0.229 e. The van der Waals surface area contributed by atoms with E-state index < -0.39 is 6.04 Å². The quantitative estimate of drug-likeness (QED) is 0.580. The molecule has 1 aromatic rings.